The lowest BCUT2D eigenvalue weighted by atomic mass is 9.89. The number of hydrogen-bond acceptors (Lipinski definition) is 3. The number of amides is 1. The number of hydrogen-bond donors (Lipinski definition) is 2. The summed E-state index contributed by atoms with van der Waals surface area (Å²) in [6.45, 7) is 3.79. The van der Waals surface area contributed by atoms with Gasteiger partial charge in [-0.25, -0.2) is 0 Å². The number of H-pyrrole nitrogens is 1. The van der Waals surface area contributed by atoms with E-state index >= 15 is 0 Å². The summed E-state index contributed by atoms with van der Waals surface area (Å²) >= 11 is 5.98. The molecule has 1 fully saturated rings. The van der Waals surface area contributed by atoms with Crippen LogP contribution in [0.3, 0.4) is 0 Å². The number of benzene rings is 2. The summed E-state index contributed by atoms with van der Waals surface area (Å²) < 4.78 is 0. The summed E-state index contributed by atoms with van der Waals surface area (Å²) in [5.74, 6) is 0.488. The highest BCUT2D eigenvalue weighted by Crippen LogP contribution is 2.33. The minimum absolute atomic E-state index is 0.0308. The maximum Gasteiger partial charge on any atom is 0.269 e. The van der Waals surface area contributed by atoms with Gasteiger partial charge in [0.25, 0.3) is 5.91 Å². The first-order chi connectivity index (χ1) is 15.2. The number of aryl methyl sites for hydroxylation is 1. The van der Waals surface area contributed by atoms with E-state index in [0.29, 0.717) is 11.6 Å². The molecule has 5 nitrogen and oxygen atoms in total. The van der Waals surface area contributed by atoms with Gasteiger partial charge in [0.2, 0.25) is 0 Å². The van der Waals surface area contributed by atoms with Crippen molar-refractivity contribution in [2.75, 3.05) is 19.6 Å². The molecule has 1 amide bonds. The van der Waals surface area contributed by atoms with Crippen LogP contribution >= 0.6 is 11.6 Å². The van der Waals surface area contributed by atoms with E-state index in [4.69, 9.17) is 11.6 Å². The van der Waals surface area contributed by atoms with Crippen molar-refractivity contribution in [1.82, 2.24) is 20.4 Å². The number of carbonyl (C=O) groups is 1. The molecule has 1 aliphatic heterocycles. The number of halogens is 1. The Hall–Kier alpha value is -2.63. The Morgan fingerprint density at radius 1 is 1.10 bits per heavy atom. The van der Waals surface area contributed by atoms with Crippen molar-refractivity contribution in [2.24, 2.45) is 5.92 Å². The number of aromatic amines is 1. The predicted octanol–water partition coefficient (Wildman–Crippen LogP) is 4.47. The average molecular weight is 435 g/mol. The van der Waals surface area contributed by atoms with Crippen LogP contribution in [0.4, 0.5) is 0 Å². The lowest BCUT2D eigenvalue weighted by molar-refractivity contribution is 0.0929. The van der Waals surface area contributed by atoms with Gasteiger partial charge in [0, 0.05) is 29.2 Å². The molecular formula is C25H27ClN4O. The van der Waals surface area contributed by atoms with E-state index in [1.807, 2.05) is 18.2 Å². The van der Waals surface area contributed by atoms with Crippen LogP contribution in [0.1, 0.15) is 40.0 Å². The second kappa shape index (κ2) is 8.85. The molecule has 3 aromatic rings. The molecule has 1 saturated heterocycles. The standard InChI is InChI=1S/C25H27ClN4O/c26-20-8-5-18(6-9-20)16-30-13-11-17(12-14-30)15-27-25(31)24-22-10-7-19-3-1-2-4-21(19)23(22)28-29-24/h1-6,8-9,17H,7,10-16H2,(H,27,31)(H,28,29). The van der Waals surface area contributed by atoms with Crippen LogP contribution in [-0.2, 0) is 19.4 Å². The molecule has 160 valence electrons. The van der Waals surface area contributed by atoms with E-state index in [2.05, 4.69) is 50.7 Å². The number of nitrogens with one attached hydrogen (secondary N) is 2. The quantitative estimate of drug-likeness (QED) is 0.622. The highest BCUT2D eigenvalue weighted by molar-refractivity contribution is 6.30. The first kappa shape index (κ1) is 20.3. The number of likely N-dealkylation sites (tertiary alicyclic amines) is 1. The molecule has 0 unspecified atom stereocenters. The Bertz CT molecular complexity index is 1070. The van der Waals surface area contributed by atoms with E-state index in [0.717, 1.165) is 73.7 Å². The van der Waals surface area contributed by atoms with Gasteiger partial charge in [-0.05, 0) is 68.0 Å². The summed E-state index contributed by atoms with van der Waals surface area (Å²) in [7, 11) is 0. The number of nitrogens with zero attached hydrogens (tertiary/aromatic N) is 2. The molecule has 2 aromatic carbocycles. The van der Waals surface area contributed by atoms with Crippen molar-refractivity contribution in [2.45, 2.75) is 32.2 Å². The molecule has 31 heavy (non-hydrogen) atoms. The molecule has 1 aromatic heterocycles. The SMILES string of the molecule is O=C(NCC1CCN(Cc2ccc(Cl)cc2)CC1)c1[nH]nc2c1CCc1ccccc1-2. The van der Waals surface area contributed by atoms with Crippen LogP contribution in [0.15, 0.2) is 48.5 Å². The van der Waals surface area contributed by atoms with Gasteiger partial charge in [0.1, 0.15) is 5.69 Å². The summed E-state index contributed by atoms with van der Waals surface area (Å²) in [6, 6.07) is 16.4. The van der Waals surface area contributed by atoms with Crippen LogP contribution in [0.5, 0.6) is 0 Å². The first-order valence-corrected chi connectivity index (χ1v) is 11.5. The molecule has 1 aliphatic carbocycles. The zero-order valence-electron chi connectivity index (χ0n) is 17.5. The van der Waals surface area contributed by atoms with Gasteiger partial charge in [-0.3, -0.25) is 14.8 Å². The number of fused-ring (bicyclic) bond motifs is 3. The molecule has 0 atom stereocenters. The third-order valence-corrected chi connectivity index (χ3v) is 6.84. The topological polar surface area (TPSA) is 61.0 Å². The Morgan fingerprint density at radius 2 is 1.87 bits per heavy atom. The zero-order valence-corrected chi connectivity index (χ0v) is 18.3. The van der Waals surface area contributed by atoms with Gasteiger partial charge in [0.15, 0.2) is 0 Å². The van der Waals surface area contributed by atoms with Crippen LogP contribution in [0.2, 0.25) is 5.02 Å². The minimum atomic E-state index is -0.0308. The monoisotopic (exact) mass is 434 g/mol. The van der Waals surface area contributed by atoms with Crippen LogP contribution in [-0.4, -0.2) is 40.6 Å². The maximum absolute atomic E-state index is 12.9. The molecule has 0 spiro atoms. The van der Waals surface area contributed by atoms with E-state index < -0.39 is 0 Å². The molecular weight excluding hydrogens is 408 g/mol. The van der Waals surface area contributed by atoms with Crippen LogP contribution in [0.25, 0.3) is 11.3 Å². The van der Waals surface area contributed by atoms with Gasteiger partial charge in [-0.1, -0.05) is 48.0 Å². The third-order valence-electron chi connectivity index (χ3n) is 6.59. The van der Waals surface area contributed by atoms with Crippen molar-refractivity contribution in [3.63, 3.8) is 0 Å². The number of rotatable bonds is 5. The van der Waals surface area contributed by atoms with E-state index in [1.165, 1.54) is 11.1 Å². The molecule has 0 saturated carbocycles. The lowest BCUT2D eigenvalue weighted by Crippen LogP contribution is -2.38. The van der Waals surface area contributed by atoms with Crippen LogP contribution < -0.4 is 5.32 Å². The van der Waals surface area contributed by atoms with Gasteiger partial charge in [-0.2, -0.15) is 5.10 Å². The molecule has 0 bridgehead atoms. The largest absolute Gasteiger partial charge is 0.350 e. The minimum Gasteiger partial charge on any atom is -0.350 e. The normalized spacial score (nSPS) is 16.5. The van der Waals surface area contributed by atoms with Gasteiger partial charge in [0.05, 0.1) is 5.69 Å². The van der Waals surface area contributed by atoms with Gasteiger partial charge >= 0.3 is 0 Å². The number of aromatic nitrogens is 2. The zero-order chi connectivity index (χ0) is 21.2. The maximum atomic E-state index is 12.9. The van der Waals surface area contributed by atoms with E-state index in [1.54, 1.807) is 0 Å². The highest BCUT2D eigenvalue weighted by atomic mass is 35.5. The Labute approximate surface area is 187 Å². The molecule has 2 N–H and O–H groups in total. The molecule has 2 aliphatic rings. The van der Waals surface area contributed by atoms with E-state index in [-0.39, 0.29) is 5.91 Å². The second-order valence-corrected chi connectivity index (χ2v) is 9.08. The Kier molecular flexibility index (Phi) is 5.79. The average Bonchev–Trinajstić information content (AvgIpc) is 3.25. The van der Waals surface area contributed by atoms with Crippen molar-refractivity contribution in [3.05, 3.63) is 75.9 Å². The smallest absolute Gasteiger partial charge is 0.269 e. The number of carbonyl (C=O) groups excluding carboxylic acids is 1. The Balaban J connectivity index is 1.14. The van der Waals surface area contributed by atoms with Crippen molar-refractivity contribution >= 4 is 17.5 Å². The second-order valence-electron chi connectivity index (χ2n) is 8.64. The van der Waals surface area contributed by atoms with Crippen LogP contribution in [0, 0.1) is 5.92 Å². The van der Waals surface area contributed by atoms with Gasteiger partial charge < -0.3 is 5.32 Å². The summed E-state index contributed by atoms with van der Waals surface area (Å²) in [5, 5.41) is 11.4. The molecule has 6 heteroatoms. The predicted molar refractivity (Wildman–Crippen MR) is 123 cm³/mol. The molecule has 5 rings (SSSR count). The molecule has 0 radical (unpaired) electrons. The fraction of sp³-hybridized carbons (Fsp3) is 0.360. The van der Waals surface area contributed by atoms with Crippen molar-refractivity contribution < 1.29 is 4.79 Å². The first-order valence-electron chi connectivity index (χ1n) is 11.1. The van der Waals surface area contributed by atoms with Crippen molar-refractivity contribution in [1.29, 1.82) is 0 Å². The summed E-state index contributed by atoms with van der Waals surface area (Å²) in [4.78, 5) is 15.3. The fourth-order valence-electron chi connectivity index (χ4n) is 4.77. The van der Waals surface area contributed by atoms with E-state index in [9.17, 15) is 4.79 Å². The lowest BCUT2D eigenvalue weighted by Gasteiger charge is -2.32. The fourth-order valence-corrected chi connectivity index (χ4v) is 4.90. The Morgan fingerprint density at radius 3 is 2.68 bits per heavy atom. The third kappa shape index (κ3) is 4.39. The number of piperidine rings is 1. The highest BCUT2D eigenvalue weighted by Gasteiger charge is 2.26. The summed E-state index contributed by atoms with van der Waals surface area (Å²) in [5.41, 5.74) is 6.36. The van der Waals surface area contributed by atoms with Crippen molar-refractivity contribution in [3.8, 4) is 11.3 Å². The summed E-state index contributed by atoms with van der Waals surface area (Å²) in [6.07, 6.45) is 4.01. The molecule has 2 heterocycles. The van der Waals surface area contributed by atoms with Gasteiger partial charge in [-0.15, -0.1) is 0 Å².